The highest BCUT2D eigenvalue weighted by Gasteiger charge is 2.44. The Bertz CT molecular complexity index is 503. The van der Waals surface area contributed by atoms with Gasteiger partial charge in [-0.3, -0.25) is 4.79 Å². The van der Waals surface area contributed by atoms with Crippen molar-refractivity contribution in [2.24, 2.45) is 0 Å². The monoisotopic (exact) mass is 288 g/mol. The van der Waals surface area contributed by atoms with E-state index in [1.165, 1.54) is 18.2 Å². The number of carboxylic acid groups (broad SMARTS) is 1. The van der Waals surface area contributed by atoms with Gasteiger partial charge < -0.3 is 5.11 Å². The minimum atomic E-state index is -2.98. The van der Waals surface area contributed by atoms with Crippen molar-refractivity contribution in [1.82, 2.24) is 0 Å². The molecular weight excluding hydrogens is 274 g/mol. The van der Waals surface area contributed by atoms with E-state index in [1.54, 1.807) is 0 Å². The highest BCUT2D eigenvalue weighted by molar-refractivity contribution is 6.31. The molecular formula is C14H15ClF2O2. The summed E-state index contributed by atoms with van der Waals surface area (Å²) in [6, 6.07) is 3.89. The molecule has 19 heavy (non-hydrogen) atoms. The summed E-state index contributed by atoms with van der Waals surface area (Å²) in [6.07, 6.45) is 2.64. The van der Waals surface area contributed by atoms with Gasteiger partial charge in [0, 0.05) is 17.5 Å². The van der Waals surface area contributed by atoms with Crippen molar-refractivity contribution in [3.05, 3.63) is 34.3 Å². The van der Waals surface area contributed by atoms with Gasteiger partial charge in [-0.15, -0.1) is 0 Å². The molecule has 0 aliphatic heterocycles. The molecule has 1 fully saturated rings. The van der Waals surface area contributed by atoms with Crippen LogP contribution in [0, 0.1) is 0 Å². The van der Waals surface area contributed by atoms with Gasteiger partial charge in [0.15, 0.2) is 0 Å². The topological polar surface area (TPSA) is 37.3 Å². The smallest absolute Gasteiger partial charge is 0.314 e. The third-order valence-corrected chi connectivity index (χ3v) is 4.17. The van der Waals surface area contributed by atoms with Crippen molar-refractivity contribution in [2.75, 3.05) is 0 Å². The Balaban J connectivity index is 2.49. The first-order valence-corrected chi connectivity index (χ1v) is 6.57. The van der Waals surface area contributed by atoms with E-state index in [0.717, 1.165) is 19.8 Å². The van der Waals surface area contributed by atoms with Crippen LogP contribution in [0.2, 0.25) is 5.02 Å². The predicted molar refractivity (Wildman–Crippen MR) is 68.8 cm³/mol. The molecule has 1 aromatic carbocycles. The minimum absolute atomic E-state index is 0.114. The Morgan fingerprint density at radius 1 is 1.37 bits per heavy atom. The maximum atomic E-state index is 13.2. The molecule has 1 aromatic rings. The fourth-order valence-corrected chi connectivity index (χ4v) is 3.11. The largest absolute Gasteiger partial charge is 0.481 e. The molecule has 1 aliphatic carbocycles. The SMILES string of the molecule is CC(F)(F)c1ccc(C2(C(=O)O)CCCC2)c(Cl)c1. The van der Waals surface area contributed by atoms with Crippen LogP contribution in [0.25, 0.3) is 0 Å². The second-order valence-corrected chi connectivity index (χ2v) is 5.58. The van der Waals surface area contributed by atoms with Gasteiger partial charge in [-0.25, -0.2) is 8.78 Å². The number of carbonyl (C=O) groups is 1. The molecule has 0 amide bonds. The summed E-state index contributed by atoms with van der Waals surface area (Å²) in [4.78, 5) is 11.6. The zero-order chi connectivity index (χ0) is 14.3. The highest BCUT2D eigenvalue weighted by atomic mass is 35.5. The lowest BCUT2D eigenvalue weighted by molar-refractivity contribution is -0.143. The Kier molecular flexibility index (Phi) is 3.56. The van der Waals surface area contributed by atoms with Crippen molar-refractivity contribution in [2.45, 2.75) is 43.9 Å². The first-order chi connectivity index (χ1) is 8.77. The molecule has 0 aromatic heterocycles. The van der Waals surface area contributed by atoms with Crippen LogP contribution in [0.1, 0.15) is 43.7 Å². The zero-order valence-electron chi connectivity index (χ0n) is 10.5. The van der Waals surface area contributed by atoms with E-state index in [9.17, 15) is 18.7 Å². The quantitative estimate of drug-likeness (QED) is 0.898. The summed E-state index contributed by atoms with van der Waals surface area (Å²) in [5.41, 5.74) is -0.759. The fraction of sp³-hybridized carbons (Fsp3) is 0.500. The first-order valence-electron chi connectivity index (χ1n) is 6.19. The molecule has 2 rings (SSSR count). The lowest BCUT2D eigenvalue weighted by Crippen LogP contribution is -2.33. The average Bonchev–Trinajstić information content (AvgIpc) is 2.77. The maximum absolute atomic E-state index is 13.2. The zero-order valence-corrected chi connectivity index (χ0v) is 11.3. The lowest BCUT2D eigenvalue weighted by atomic mass is 9.78. The van der Waals surface area contributed by atoms with Crippen molar-refractivity contribution in [3.8, 4) is 0 Å². The van der Waals surface area contributed by atoms with Gasteiger partial charge in [-0.1, -0.05) is 36.6 Å². The second kappa shape index (κ2) is 4.75. The molecule has 1 saturated carbocycles. The summed E-state index contributed by atoms with van der Waals surface area (Å²) in [5, 5.41) is 9.58. The molecule has 0 atom stereocenters. The number of hydrogen-bond donors (Lipinski definition) is 1. The van der Waals surface area contributed by atoms with Gasteiger partial charge in [0.05, 0.1) is 5.41 Å². The summed E-state index contributed by atoms with van der Waals surface area (Å²) in [5.74, 6) is -3.91. The lowest BCUT2D eigenvalue weighted by Gasteiger charge is -2.26. The molecule has 0 saturated heterocycles. The number of benzene rings is 1. The Morgan fingerprint density at radius 3 is 2.37 bits per heavy atom. The normalized spacial score (nSPS) is 18.5. The van der Waals surface area contributed by atoms with Crippen molar-refractivity contribution < 1.29 is 18.7 Å². The van der Waals surface area contributed by atoms with Gasteiger partial charge >= 0.3 is 5.97 Å². The van der Waals surface area contributed by atoms with Crippen LogP contribution in [-0.4, -0.2) is 11.1 Å². The Labute approximate surface area is 115 Å². The fourth-order valence-electron chi connectivity index (χ4n) is 2.75. The number of carboxylic acids is 1. The summed E-state index contributed by atoms with van der Waals surface area (Å²) < 4.78 is 26.4. The van der Waals surface area contributed by atoms with Crippen molar-refractivity contribution >= 4 is 17.6 Å². The molecule has 2 nitrogen and oxygen atoms in total. The number of rotatable bonds is 3. The van der Waals surface area contributed by atoms with Gasteiger partial charge in [0.1, 0.15) is 0 Å². The van der Waals surface area contributed by atoms with E-state index in [1.807, 2.05) is 0 Å². The third kappa shape index (κ3) is 2.46. The minimum Gasteiger partial charge on any atom is -0.481 e. The predicted octanol–water partition coefficient (Wildman–Crippen LogP) is 4.35. The maximum Gasteiger partial charge on any atom is 0.314 e. The van der Waals surface area contributed by atoms with E-state index < -0.39 is 17.3 Å². The van der Waals surface area contributed by atoms with E-state index in [0.29, 0.717) is 18.4 Å². The van der Waals surface area contributed by atoms with Crippen LogP contribution in [-0.2, 0) is 16.1 Å². The molecule has 0 spiro atoms. The van der Waals surface area contributed by atoms with Gasteiger partial charge in [-0.05, 0) is 24.5 Å². The van der Waals surface area contributed by atoms with E-state index in [2.05, 4.69) is 0 Å². The Hall–Kier alpha value is -1.16. The average molecular weight is 289 g/mol. The van der Waals surface area contributed by atoms with Gasteiger partial charge in [-0.2, -0.15) is 0 Å². The van der Waals surface area contributed by atoms with Gasteiger partial charge in [0.2, 0.25) is 0 Å². The molecule has 0 heterocycles. The van der Waals surface area contributed by atoms with E-state index in [4.69, 9.17) is 11.6 Å². The molecule has 0 radical (unpaired) electrons. The molecule has 0 unspecified atom stereocenters. The van der Waals surface area contributed by atoms with Crippen molar-refractivity contribution in [1.29, 1.82) is 0 Å². The number of hydrogen-bond acceptors (Lipinski definition) is 1. The number of halogens is 3. The third-order valence-electron chi connectivity index (χ3n) is 3.86. The van der Waals surface area contributed by atoms with E-state index in [-0.39, 0.29) is 10.6 Å². The van der Waals surface area contributed by atoms with Crippen LogP contribution in [0.15, 0.2) is 18.2 Å². The standard InChI is InChI=1S/C14H15ClF2O2/c1-13(16,17)9-4-5-10(11(15)8-9)14(12(18)19)6-2-3-7-14/h4-5,8H,2-3,6-7H2,1H3,(H,18,19). The second-order valence-electron chi connectivity index (χ2n) is 5.18. The number of aliphatic carboxylic acids is 1. The molecule has 5 heteroatoms. The number of alkyl halides is 2. The molecule has 104 valence electrons. The first kappa shape index (κ1) is 14.3. The Morgan fingerprint density at radius 2 is 1.95 bits per heavy atom. The van der Waals surface area contributed by atoms with Crippen LogP contribution < -0.4 is 0 Å². The van der Waals surface area contributed by atoms with Crippen LogP contribution in [0.4, 0.5) is 8.78 Å². The summed E-state index contributed by atoms with van der Waals surface area (Å²) >= 11 is 6.05. The molecule has 1 aliphatic rings. The van der Waals surface area contributed by atoms with Crippen LogP contribution >= 0.6 is 11.6 Å². The molecule has 1 N–H and O–H groups in total. The van der Waals surface area contributed by atoms with Crippen LogP contribution in [0.5, 0.6) is 0 Å². The van der Waals surface area contributed by atoms with Crippen LogP contribution in [0.3, 0.4) is 0 Å². The van der Waals surface area contributed by atoms with Gasteiger partial charge in [0.25, 0.3) is 5.92 Å². The molecule has 0 bridgehead atoms. The van der Waals surface area contributed by atoms with Crippen molar-refractivity contribution in [3.63, 3.8) is 0 Å². The highest BCUT2D eigenvalue weighted by Crippen LogP contribution is 2.45. The van der Waals surface area contributed by atoms with E-state index >= 15 is 0 Å². The summed E-state index contributed by atoms with van der Waals surface area (Å²) in [7, 11) is 0. The summed E-state index contributed by atoms with van der Waals surface area (Å²) in [6.45, 7) is 0.793.